The molecule has 1 unspecified atom stereocenters. The van der Waals surface area contributed by atoms with Crippen LogP contribution in [0.1, 0.15) is 16.2 Å². The largest absolute Gasteiger partial charge is 0.374 e. The Kier molecular flexibility index (Phi) is 6.04. The number of pyridine rings is 1. The molecule has 0 radical (unpaired) electrons. The van der Waals surface area contributed by atoms with Crippen LogP contribution in [0.15, 0.2) is 18.2 Å². The van der Waals surface area contributed by atoms with Gasteiger partial charge in [0.1, 0.15) is 5.69 Å². The van der Waals surface area contributed by atoms with Crippen LogP contribution in [0.2, 0.25) is 0 Å². The van der Waals surface area contributed by atoms with Gasteiger partial charge in [-0.3, -0.25) is 4.79 Å². The van der Waals surface area contributed by atoms with Crippen LogP contribution in [-0.2, 0) is 4.74 Å². The normalized spacial score (nSPS) is 18.8. The zero-order valence-electron chi connectivity index (χ0n) is 10.3. The van der Waals surface area contributed by atoms with Crippen molar-refractivity contribution in [2.24, 2.45) is 0 Å². The maximum atomic E-state index is 11.8. The monoisotopic (exact) mass is 271 g/mol. The number of carbonyl (C=O) groups is 1. The lowest BCUT2D eigenvalue weighted by molar-refractivity contribution is 0.0286. The number of nitrogens with one attached hydrogen (secondary N) is 2. The Labute approximate surface area is 113 Å². The molecule has 1 amide bonds. The molecule has 100 valence electrons. The van der Waals surface area contributed by atoms with Crippen LogP contribution >= 0.6 is 12.4 Å². The van der Waals surface area contributed by atoms with Gasteiger partial charge in [-0.1, -0.05) is 6.07 Å². The third-order valence-electron chi connectivity index (χ3n) is 2.62. The molecule has 1 aromatic heterocycles. The molecular formula is C12H18ClN3O2. The molecule has 0 bridgehead atoms. The van der Waals surface area contributed by atoms with E-state index in [-0.39, 0.29) is 24.4 Å². The topological polar surface area (TPSA) is 63.2 Å². The molecule has 0 aromatic carbocycles. The first-order valence-electron chi connectivity index (χ1n) is 5.80. The highest BCUT2D eigenvalue weighted by Crippen LogP contribution is 1.99. The lowest BCUT2D eigenvalue weighted by atomic mass is 10.2. The van der Waals surface area contributed by atoms with E-state index in [0.29, 0.717) is 18.8 Å². The molecule has 6 heteroatoms. The fourth-order valence-electron chi connectivity index (χ4n) is 1.72. The Morgan fingerprint density at radius 2 is 2.44 bits per heavy atom. The van der Waals surface area contributed by atoms with Crippen LogP contribution in [0, 0.1) is 6.92 Å². The fourth-order valence-corrected chi connectivity index (χ4v) is 1.72. The second kappa shape index (κ2) is 7.31. The number of ether oxygens (including phenoxy) is 1. The first kappa shape index (κ1) is 14.9. The molecule has 0 saturated carbocycles. The van der Waals surface area contributed by atoms with Gasteiger partial charge in [0, 0.05) is 25.3 Å². The highest BCUT2D eigenvalue weighted by atomic mass is 35.5. The summed E-state index contributed by atoms with van der Waals surface area (Å²) in [5, 5.41) is 6.04. The van der Waals surface area contributed by atoms with Crippen LogP contribution in [-0.4, -0.2) is 43.2 Å². The predicted octanol–water partition coefficient (Wildman–Crippen LogP) is 0.530. The van der Waals surface area contributed by atoms with Crippen LogP contribution in [0.25, 0.3) is 0 Å². The lowest BCUT2D eigenvalue weighted by Crippen LogP contribution is -2.45. The van der Waals surface area contributed by atoms with Gasteiger partial charge in [0.2, 0.25) is 0 Å². The van der Waals surface area contributed by atoms with E-state index in [1.54, 1.807) is 6.07 Å². The summed E-state index contributed by atoms with van der Waals surface area (Å²) < 4.78 is 5.49. The number of hydrogen-bond acceptors (Lipinski definition) is 4. The maximum absolute atomic E-state index is 11.8. The van der Waals surface area contributed by atoms with Crippen molar-refractivity contribution in [3.63, 3.8) is 0 Å². The molecule has 1 saturated heterocycles. The summed E-state index contributed by atoms with van der Waals surface area (Å²) in [6.07, 6.45) is 0.0532. The average molecular weight is 272 g/mol. The molecule has 2 rings (SSSR count). The fraction of sp³-hybridized carbons (Fsp3) is 0.500. The van der Waals surface area contributed by atoms with Crippen LogP contribution in [0.5, 0.6) is 0 Å². The summed E-state index contributed by atoms with van der Waals surface area (Å²) in [4.78, 5) is 16.0. The molecule has 1 fully saturated rings. The minimum atomic E-state index is -0.150. The molecule has 2 N–H and O–H groups in total. The maximum Gasteiger partial charge on any atom is 0.269 e. The quantitative estimate of drug-likeness (QED) is 0.842. The number of aromatic nitrogens is 1. The van der Waals surface area contributed by atoms with Crippen LogP contribution in [0.4, 0.5) is 0 Å². The smallest absolute Gasteiger partial charge is 0.269 e. The molecule has 1 aromatic rings. The van der Waals surface area contributed by atoms with Gasteiger partial charge >= 0.3 is 0 Å². The van der Waals surface area contributed by atoms with Gasteiger partial charge in [-0.15, -0.1) is 12.4 Å². The van der Waals surface area contributed by atoms with E-state index in [9.17, 15) is 4.79 Å². The molecule has 2 heterocycles. The molecular weight excluding hydrogens is 254 g/mol. The summed E-state index contributed by atoms with van der Waals surface area (Å²) in [5.74, 6) is -0.150. The van der Waals surface area contributed by atoms with Gasteiger partial charge in [0.05, 0.1) is 12.7 Å². The summed E-state index contributed by atoms with van der Waals surface area (Å²) in [6, 6.07) is 5.41. The predicted molar refractivity (Wildman–Crippen MR) is 71.2 cm³/mol. The molecule has 1 aliphatic heterocycles. The van der Waals surface area contributed by atoms with Crippen molar-refractivity contribution in [3.05, 3.63) is 29.6 Å². The van der Waals surface area contributed by atoms with Crippen molar-refractivity contribution in [2.45, 2.75) is 13.0 Å². The molecule has 0 aliphatic carbocycles. The zero-order valence-corrected chi connectivity index (χ0v) is 11.1. The summed E-state index contributed by atoms with van der Waals surface area (Å²) in [6.45, 7) is 4.74. The number of halogens is 1. The van der Waals surface area contributed by atoms with Gasteiger partial charge in [0.25, 0.3) is 5.91 Å². The van der Waals surface area contributed by atoms with E-state index in [0.717, 1.165) is 18.8 Å². The van der Waals surface area contributed by atoms with E-state index >= 15 is 0 Å². The summed E-state index contributed by atoms with van der Waals surface area (Å²) >= 11 is 0. The third kappa shape index (κ3) is 4.25. The number of rotatable bonds is 3. The number of morpholine rings is 1. The van der Waals surface area contributed by atoms with E-state index in [1.807, 2.05) is 19.1 Å². The van der Waals surface area contributed by atoms with Gasteiger partial charge in [-0.05, 0) is 19.1 Å². The number of aryl methyl sites for hydroxylation is 1. The minimum Gasteiger partial charge on any atom is -0.374 e. The summed E-state index contributed by atoms with van der Waals surface area (Å²) in [7, 11) is 0. The summed E-state index contributed by atoms with van der Waals surface area (Å²) in [5.41, 5.74) is 1.29. The van der Waals surface area contributed by atoms with Gasteiger partial charge in [-0.25, -0.2) is 4.98 Å². The first-order chi connectivity index (χ1) is 8.25. The van der Waals surface area contributed by atoms with Crippen molar-refractivity contribution in [3.8, 4) is 0 Å². The van der Waals surface area contributed by atoms with Crippen molar-refractivity contribution >= 4 is 18.3 Å². The third-order valence-corrected chi connectivity index (χ3v) is 2.62. The molecule has 1 atom stereocenters. The molecule has 18 heavy (non-hydrogen) atoms. The van der Waals surface area contributed by atoms with Crippen LogP contribution in [0.3, 0.4) is 0 Å². The van der Waals surface area contributed by atoms with Crippen molar-refractivity contribution < 1.29 is 9.53 Å². The number of nitrogens with zero attached hydrogens (tertiary/aromatic N) is 1. The number of amides is 1. The SMILES string of the molecule is Cc1cccc(C(=O)NCC2CNCCO2)n1.Cl. The zero-order chi connectivity index (χ0) is 12.1. The van der Waals surface area contributed by atoms with Gasteiger partial charge in [0.15, 0.2) is 0 Å². The minimum absolute atomic E-state index is 0. The van der Waals surface area contributed by atoms with E-state index in [4.69, 9.17) is 4.74 Å². The molecule has 1 aliphatic rings. The van der Waals surface area contributed by atoms with E-state index < -0.39 is 0 Å². The molecule has 0 spiro atoms. The van der Waals surface area contributed by atoms with E-state index in [1.165, 1.54) is 0 Å². The number of hydrogen-bond donors (Lipinski definition) is 2. The van der Waals surface area contributed by atoms with Crippen molar-refractivity contribution in [1.82, 2.24) is 15.6 Å². The number of carbonyl (C=O) groups excluding carboxylic acids is 1. The Hall–Kier alpha value is -1.17. The Balaban J connectivity index is 0.00000162. The van der Waals surface area contributed by atoms with Crippen LogP contribution < -0.4 is 10.6 Å². The standard InChI is InChI=1S/C12H17N3O2.ClH/c1-9-3-2-4-11(15-9)12(16)14-8-10-7-13-5-6-17-10;/h2-4,10,13H,5-8H2,1H3,(H,14,16);1H. The highest BCUT2D eigenvalue weighted by molar-refractivity contribution is 5.92. The lowest BCUT2D eigenvalue weighted by Gasteiger charge is -2.23. The second-order valence-electron chi connectivity index (χ2n) is 4.07. The Morgan fingerprint density at radius 3 is 3.11 bits per heavy atom. The van der Waals surface area contributed by atoms with Crippen molar-refractivity contribution in [1.29, 1.82) is 0 Å². The average Bonchev–Trinajstić information content (AvgIpc) is 2.37. The Morgan fingerprint density at radius 1 is 1.61 bits per heavy atom. The van der Waals surface area contributed by atoms with Crippen molar-refractivity contribution in [2.75, 3.05) is 26.2 Å². The van der Waals surface area contributed by atoms with Gasteiger partial charge in [-0.2, -0.15) is 0 Å². The van der Waals surface area contributed by atoms with E-state index in [2.05, 4.69) is 15.6 Å². The first-order valence-corrected chi connectivity index (χ1v) is 5.80. The molecule has 5 nitrogen and oxygen atoms in total. The highest BCUT2D eigenvalue weighted by Gasteiger charge is 2.15. The Bertz CT molecular complexity index is 395. The second-order valence-corrected chi connectivity index (χ2v) is 4.07. The van der Waals surface area contributed by atoms with Gasteiger partial charge < -0.3 is 15.4 Å².